The normalized spacial score (nSPS) is 10.4. The van der Waals surface area contributed by atoms with Crippen molar-refractivity contribution < 1.29 is 14.6 Å². The SMILES string of the molecule is O=C(CCn1cccn1)NCCCOCCO. The molecule has 0 saturated heterocycles. The Bertz CT molecular complexity index is 301. The Labute approximate surface area is 101 Å². The number of hydrogen-bond acceptors (Lipinski definition) is 4. The van der Waals surface area contributed by atoms with Crippen molar-refractivity contribution in [3.8, 4) is 0 Å². The summed E-state index contributed by atoms with van der Waals surface area (Å²) in [7, 11) is 0. The standard InChI is InChI=1S/C11H19N3O3/c15-8-10-17-9-2-4-12-11(16)3-7-14-6-1-5-13-14/h1,5-6,15H,2-4,7-10H2,(H,12,16). The van der Waals surface area contributed by atoms with E-state index in [4.69, 9.17) is 9.84 Å². The highest BCUT2D eigenvalue weighted by molar-refractivity contribution is 5.75. The third-order valence-corrected chi connectivity index (χ3v) is 2.15. The van der Waals surface area contributed by atoms with Crippen molar-refractivity contribution in [3.05, 3.63) is 18.5 Å². The van der Waals surface area contributed by atoms with Gasteiger partial charge in [0.15, 0.2) is 0 Å². The van der Waals surface area contributed by atoms with Gasteiger partial charge in [0, 0.05) is 38.5 Å². The average molecular weight is 241 g/mol. The van der Waals surface area contributed by atoms with E-state index in [1.807, 2.05) is 12.3 Å². The van der Waals surface area contributed by atoms with Gasteiger partial charge in [-0.05, 0) is 12.5 Å². The molecule has 1 heterocycles. The van der Waals surface area contributed by atoms with E-state index in [2.05, 4.69) is 10.4 Å². The van der Waals surface area contributed by atoms with Crippen LogP contribution in [-0.4, -0.2) is 47.2 Å². The summed E-state index contributed by atoms with van der Waals surface area (Å²) in [5.41, 5.74) is 0. The fraction of sp³-hybridized carbons (Fsp3) is 0.636. The minimum atomic E-state index is 0.0164. The maximum Gasteiger partial charge on any atom is 0.221 e. The van der Waals surface area contributed by atoms with Gasteiger partial charge in [-0.1, -0.05) is 0 Å². The van der Waals surface area contributed by atoms with Gasteiger partial charge in [-0.25, -0.2) is 0 Å². The topological polar surface area (TPSA) is 76.4 Å². The van der Waals surface area contributed by atoms with Crippen molar-refractivity contribution in [2.45, 2.75) is 19.4 Å². The number of nitrogens with one attached hydrogen (secondary N) is 1. The van der Waals surface area contributed by atoms with E-state index in [0.29, 0.717) is 32.7 Å². The lowest BCUT2D eigenvalue weighted by molar-refractivity contribution is -0.121. The van der Waals surface area contributed by atoms with Gasteiger partial charge in [0.05, 0.1) is 13.2 Å². The summed E-state index contributed by atoms with van der Waals surface area (Å²) >= 11 is 0. The number of aromatic nitrogens is 2. The molecule has 0 fully saturated rings. The number of aliphatic hydroxyl groups excluding tert-OH is 1. The molecule has 6 nitrogen and oxygen atoms in total. The summed E-state index contributed by atoms with van der Waals surface area (Å²) in [5.74, 6) is 0.0164. The summed E-state index contributed by atoms with van der Waals surface area (Å²) < 4.78 is 6.79. The molecule has 1 amide bonds. The first-order valence-electron chi connectivity index (χ1n) is 5.75. The number of nitrogens with zero attached hydrogens (tertiary/aromatic N) is 2. The first kappa shape index (κ1) is 13.7. The predicted molar refractivity (Wildman–Crippen MR) is 62.4 cm³/mol. The molecule has 17 heavy (non-hydrogen) atoms. The van der Waals surface area contributed by atoms with Gasteiger partial charge >= 0.3 is 0 Å². The quantitative estimate of drug-likeness (QED) is 0.586. The van der Waals surface area contributed by atoms with Crippen LogP contribution in [0.5, 0.6) is 0 Å². The van der Waals surface area contributed by atoms with Crippen LogP contribution in [-0.2, 0) is 16.1 Å². The van der Waals surface area contributed by atoms with E-state index in [9.17, 15) is 4.79 Å². The van der Waals surface area contributed by atoms with Crippen LogP contribution in [0.1, 0.15) is 12.8 Å². The molecule has 0 radical (unpaired) electrons. The summed E-state index contributed by atoms with van der Waals surface area (Å²) in [6, 6.07) is 1.83. The second kappa shape index (κ2) is 8.72. The molecule has 2 N–H and O–H groups in total. The molecule has 1 aromatic heterocycles. The Morgan fingerprint density at radius 3 is 3.06 bits per heavy atom. The van der Waals surface area contributed by atoms with Crippen LogP contribution in [0.2, 0.25) is 0 Å². The highest BCUT2D eigenvalue weighted by atomic mass is 16.5. The van der Waals surface area contributed by atoms with Crippen molar-refractivity contribution in [1.82, 2.24) is 15.1 Å². The number of rotatable bonds is 9. The van der Waals surface area contributed by atoms with E-state index in [1.54, 1.807) is 10.9 Å². The number of aryl methyl sites for hydroxylation is 1. The Morgan fingerprint density at radius 2 is 2.35 bits per heavy atom. The highest BCUT2D eigenvalue weighted by Crippen LogP contribution is 1.89. The van der Waals surface area contributed by atoms with Gasteiger partial charge < -0.3 is 15.2 Å². The molecule has 0 aromatic carbocycles. The third kappa shape index (κ3) is 6.70. The van der Waals surface area contributed by atoms with Crippen LogP contribution in [0.15, 0.2) is 18.5 Å². The fourth-order valence-electron chi connectivity index (χ4n) is 1.31. The van der Waals surface area contributed by atoms with Crippen molar-refractivity contribution in [2.24, 2.45) is 0 Å². The molecule has 0 aliphatic heterocycles. The smallest absolute Gasteiger partial charge is 0.221 e. The Hall–Kier alpha value is -1.40. The summed E-state index contributed by atoms with van der Waals surface area (Å²) in [4.78, 5) is 11.4. The number of aliphatic hydroxyl groups is 1. The van der Waals surface area contributed by atoms with Gasteiger partial charge in [0.1, 0.15) is 0 Å². The predicted octanol–water partition coefficient (Wildman–Crippen LogP) is -0.212. The Balaban J connectivity index is 1.94. The minimum absolute atomic E-state index is 0.0164. The van der Waals surface area contributed by atoms with E-state index in [0.717, 1.165) is 6.42 Å². The molecule has 96 valence electrons. The van der Waals surface area contributed by atoms with Crippen LogP contribution in [0.25, 0.3) is 0 Å². The molecule has 1 aromatic rings. The first-order chi connectivity index (χ1) is 8.33. The third-order valence-electron chi connectivity index (χ3n) is 2.15. The van der Waals surface area contributed by atoms with Gasteiger partial charge in [-0.2, -0.15) is 5.10 Å². The molecule has 6 heteroatoms. The van der Waals surface area contributed by atoms with E-state index in [-0.39, 0.29) is 12.5 Å². The van der Waals surface area contributed by atoms with Gasteiger partial charge in [-0.3, -0.25) is 9.48 Å². The van der Waals surface area contributed by atoms with Crippen LogP contribution in [0, 0.1) is 0 Å². The molecular weight excluding hydrogens is 222 g/mol. The molecule has 0 aliphatic carbocycles. The van der Waals surface area contributed by atoms with Gasteiger partial charge in [-0.15, -0.1) is 0 Å². The van der Waals surface area contributed by atoms with Crippen LogP contribution >= 0.6 is 0 Å². The number of ether oxygens (including phenoxy) is 1. The monoisotopic (exact) mass is 241 g/mol. The van der Waals surface area contributed by atoms with Crippen LogP contribution < -0.4 is 5.32 Å². The molecule has 1 rings (SSSR count). The second-order valence-electron chi connectivity index (χ2n) is 3.56. The molecule has 0 atom stereocenters. The Kier molecular flexibility index (Phi) is 7.01. The van der Waals surface area contributed by atoms with Crippen molar-refractivity contribution >= 4 is 5.91 Å². The van der Waals surface area contributed by atoms with Crippen LogP contribution in [0.3, 0.4) is 0 Å². The van der Waals surface area contributed by atoms with Crippen molar-refractivity contribution in [3.63, 3.8) is 0 Å². The van der Waals surface area contributed by atoms with Gasteiger partial charge in [0.2, 0.25) is 5.91 Å². The fourth-order valence-corrected chi connectivity index (χ4v) is 1.31. The van der Waals surface area contributed by atoms with E-state index >= 15 is 0 Å². The molecule has 0 unspecified atom stereocenters. The lowest BCUT2D eigenvalue weighted by atomic mass is 10.3. The molecule has 0 saturated carbocycles. The lowest BCUT2D eigenvalue weighted by Crippen LogP contribution is -2.26. The highest BCUT2D eigenvalue weighted by Gasteiger charge is 2.00. The molecule has 0 spiro atoms. The van der Waals surface area contributed by atoms with E-state index < -0.39 is 0 Å². The van der Waals surface area contributed by atoms with Crippen molar-refractivity contribution in [2.75, 3.05) is 26.4 Å². The zero-order valence-corrected chi connectivity index (χ0v) is 9.84. The van der Waals surface area contributed by atoms with E-state index in [1.165, 1.54) is 0 Å². The number of carbonyl (C=O) groups is 1. The zero-order valence-electron chi connectivity index (χ0n) is 9.84. The summed E-state index contributed by atoms with van der Waals surface area (Å²) in [5, 5.41) is 15.3. The second-order valence-corrected chi connectivity index (χ2v) is 3.56. The Morgan fingerprint density at radius 1 is 1.47 bits per heavy atom. The average Bonchev–Trinajstić information content (AvgIpc) is 2.84. The lowest BCUT2D eigenvalue weighted by Gasteiger charge is -2.05. The van der Waals surface area contributed by atoms with Crippen molar-refractivity contribution in [1.29, 1.82) is 0 Å². The molecule has 0 bridgehead atoms. The van der Waals surface area contributed by atoms with Gasteiger partial charge in [0.25, 0.3) is 0 Å². The summed E-state index contributed by atoms with van der Waals surface area (Å²) in [6.45, 7) is 2.15. The maximum atomic E-state index is 11.4. The molecule has 0 aliphatic rings. The first-order valence-corrected chi connectivity index (χ1v) is 5.75. The largest absolute Gasteiger partial charge is 0.394 e. The zero-order chi connectivity index (χ0) is 12.3. The maximum absolute atomic E-state index is 11.4. The minimum Gasteiger partial charge on any atom is -0.394 e. The number of amides is 1. The summed E-state index contributed by atoms with van der Waals surface area (Å²) in [6.07, 6.45) is 4.71. The number of hydrogen-bond donors (Lipinski definition) is 2. The molecular formula is C11H19N3O3. The van der Waals surface area contributed by atoms with Crippen LogP contribution in [0.4, 0.5) is 0 Å². The number of carbonyl (C=O) groups excluding carboxylic acids is 1.